The van der Waals surface area contributed by atoms with E-state index in [4.69, 9.17) is 0 Å². The molecule has 146 valence electrons. The molecule has 5 nitrogen and oxygen atoms in total. The highest BCUT2D eigenvalue weighted by molar-refractivity contribution is 8.16. The number of benzene rings is 1. The molecular formula is C20H26N2O3S2. The number of amides is 1. The number of rotatable bonds is 4. The summed E-state index contributed by atoms with van der Waals surface area (Å²) < 4.78 is 24.2. The zero-order valence-electron chi connectivity index (χ0n) is 15.6. The van der Waals surface area contributed by atoms with Crippen molar-refractivity contribution in [2.45, 2.75) is 56.7 Å². The van der Waals surface area contributed by atoms with E-state index in [1.807, 2.05) is 36.1 Å². The van der Waals surface area contributed by atoms with Crippen molar-refractivity contribution in [3.63, 3.8) is 0 Å². The summed E-state index contributed by atoms with van der Waals surface area (Å²) in [4.78, 5) is 18.9. The van der Waals surface area contributed by atoms with Crippen LogP contribution in [0.15, 0.2) is 29.3 Å². The summed E-state index contributed by atoms with van der Waals surface area (Å²) in [5.41, 5.74) is 2.03. The number of aryl methyl sites for hydroxylation is 1. The van der Waals surface area contributed by atoms with Crippen molar-refractivity contribution in [1.29, 1.82) is 0 Å². The van der Waals surface area contributed by atoms with Gasteiger partial charge in [-0.15, -0.1) is 0 Å². The second-order valence-electron chi connectivity index (χ2n) is 7.99. The molecule has 0 bridgehead atoms. The molecule has 2 atom stereocenters. The van der Waals surface area contributed by atoms with Crippen LogP contribution in [-0.2, 0) is 14.6 Å². The van der Waals surface area contributed by atoms with Crippen molar-refractivity contribution in [2.24, 2.45) is 10.9 Å². The number of sulfone groups is 1. The number of aliphatic imine (C=N–C) groups is 1. The lowest BCUT2D eigenvalue weighted by molar-refractivity contribution is -0.118. The average Bonchev–Trinajstić information content (AvgIpc) is 3.27. The third-order valence-electron chi connectivity index (χ3n) is 5.81. The molecule has 2 aliphatic heterocycles. The third-order valence-corrected chi connectivity index (χ3v) is 9.02. The predicted octanol–water partition coefficient (Wildman–Crippen LogP) is 3.57. The topological polar surface area (TPSA) is 66.8 Å². The van der Waals surface area contributed by atoms with E-state index in [0.29, 0.717) is 17.5 Å². The molecule has 0 radical (unpaired) electrons. The van der Waals surface area contributed by atoms with E-state index in [1.165, 1.54) is 37.4 Å². The summed E-state index contributed by atoms with van der Waals surface area (Å²) in [5, 5.41) is 0.624. The first-order valence-electron chi connectivity index (χ1n) is 9.76. The summed E-state index contributed by atoms with van der Waals surface area (Å²) in [6.45, 7) is 2.01. The highest BCUT2D eigenvalue weighted by Crippen LogP contribution is 2.41. The van der Waals surface area contributed by atoms with Gasteiger partial charge in [0.2, 0.25) is 5.91 Å². The Morgan fingerprint density at radius 2 is 2.04 bits per heavy atom. The van der Waals surface area contributed by atoms with E-state index in [2.05, 4.69) is 4.99 Å². The van der Waals surface area contributed by atoms with Crippen LogP contribution in [0.25, 0.3) is 0 Å². The van der Waals surface area contributed by atoms with Crippen molar-refractivity contribution in [1.82, 2.24) is 0 Å². The van der Waals surface area contributed by atoms with Crippen molar-refractivity contribution in [3.05, 3.63) is 29.8 Å². The second kappa shape index (κ2) is 7.59. The van der Waals surface area contributed by atoms with Crippen LogP contribution in [0.4, 0.5) is 5.69 Å². The lowest BCUT2D eigenvalue weighted by Gasteiger charge is -2.24. The number of anilines is 1. The predicted molar refractivity (Wildman–Crippen MR) is 111 cm³/mol. The molecule has 1 aliphatic carbocycles. The molecule has 1 saturated carbocycles. The van der Waals surface area contributed by atoms with E-state index < -0.39 is 9.84 Å². The van der Waals surface area contributed by atoms with Gasteiger partial charge >= 0.3 is 0 Å². The van der Waals surface area contributed by atoms with Gasteiger partial charge in [-0.3, -0.25) is 4.79 Å². The largest absolute Gasteiger partial charge is 0.316 e. The van der Waals surface area contributed by atoms with Gasteiger partial charge in [-0.2, -0.15) is 4.99 Å². The molecule has 3 aliphatic rings. The fourth-order valence-corrected chi connectivity index (χ4v) is 8.36. The van der Waals surface area contributed by atoms with Gasteiger partial charge in [0.25, 0.3) is 0 Å². The number of carbonyl (C=O) groups excluding carboxylic acids is 1. The Bertz CT molecular complexity index is 860. The number of amidine groups is 1. The van der Waals surface area contributed by atoms with Crippen LogP contribution in [0, 0.1) is 12.8 Å². The van der Waals surface area contributed by atoms with E-state index >= 15 is 0 Å². The van der Waals surface area contributed by atoms with Gasteiger partial charge in [0, 0.05) is 17.4 Å². The molecule has 0 N–H and O–H groups in total. The van der Waals surface area contributed by atoms with E-state index in [0.717, 1.165) is 17.7 Å². The van der Waals surface area contributed by atoms with Crippen LogP contribution in [0.3, 0.4) is 0 Å². The van der Waals surface area contributed by atoms with Crippen molar-refractivity contribution in [3.8, 4) is 0 Å². The minimum atomic E-state index is -3.03. The van der Waals surface area contributed by atoms with Crippen molar-refractivity contribution >= 4 is 38.4 Å². The summed E-state index contributed by atoms with van der Waals surface area (Å²) in [6, 6.07) is 7.85. The van der Waals surface area contributed by atoms with Gasteiger partial charge in [-0.1, -0.05) is 49.6 Å². The summed E-state index contributed by atoms with van der Waals surface area (Å²) >= 11 is 1.45. The smallest absolute Gasteiger partial charge is 0.248 e. The first kappa shape index (κ1) is 19.0. The van der Waals surface area contributed by atoms with Crippen LogP contribution < -0.4 is 4.90 Å². The maximum atomic E-state index is 12.5. The number of carbonyl (C=O) groups is 1. The molecule has 1 aromatic carbocycles. The normalized spacial score (nSPS) is 28.8. The fraction of sp³-hybridized carbons (Fsp3) is 0.600. The van der Waals surface area contributed by atoms with Crippen LogP contribution in [-0.4, -0.2) is 42.3 Å². The zero-order chi connectivity index (χ0) is 19.0. The Morgan fingerprint density at radius 1 is 1.26 bits per heavy atom. The first-order chi connectivity index (χ1) is 12.9. The quantitative estimate of drug-likeness (QED) is 0.765. The number of hydrogen-bond donors (Lipinski definition) is 0. The van der Waals surface area contributed by atoms with Crippen LogP contribution in [0.2, 0.25) is 0 Å². The molecular weight excluding hydrogens is 380 g/mol. The maximum Gasteiger partial charge on any atom is 0.248 e. The highest BCUT2D eigenvalue weighted by Gasteiger charge is 2.49. The van der Waals surface area contributed by atoms with Gasteiger partial charge in [-0.05, 0) is 37.0 Å². The molecule has 27 heavy (non-hydrogen) atoms. The Balaban J connectivity index is 1.55. The Morgan fingerprint density at radius 3 is 2.78 bits per heavy atom. The number of nitrogens with zero attached hydrogens (tertiary/aromatic N) is 2. The van der Waals surface area contributed by atoms with Crippen LogP contribution in [0.5, 0.6) is 0 Å². The SMILES string of the molecule is Cc1cccc(N2C(=NC(=O)CCC3CCCC3)S[C@H]3CS(=O)(=O)C[C@H]32)c1. The van der Waals surface area contributed by atoms with E-state index in [1.54, 1.807) is 0 Å². The molecule has 0 spiro atoms. The molecule has 3 fully saturated rings. The van der Waals surface area contributed by atoms with Crippen molar-refractivity contribution < 1.29 is 13.2 Å². The monoisotopic (exact) mass is 406 g/mol. The molecule has 1 amide bonds. The Hall–Kier alpha value is -1.34. The van der Waals surface area contributed by atoms with Gasteiger partial charge in [0.05, 0.1) is 17.5 Å². The Labute approximate surface area is 165 Å². The molecule has 2 heterocycles. The minimum Gasteiger partial charge on any atom is -0.316 e. The average molecular weight is 407 g/mol. The molecule has 2 saturated heterocycles. The first-order valence-corrected chi connectivity index (χ1v) is 12.5. The van der Waals surface area contributed by atoms with Crippen molar-refractivity contribution in [2.75, 3.05) is 16.4 Å². The van der Waals surface area contributed by atoms with Gasteiger partial charge in [0.1, 0.15) is 0 Å². The molecule has 4 rings (SSSR count). The summed E-state index contributed by atoms with van der Waals surface area (Å²) in [6.07, 6.45) is 6.44. The minimum absolute atomic E-state index is 0.0445. The lowest BCUT2D eigenvalue weighted by Crippen LogP contribution is -2.37. The highest BCUT2D eigenvalue weighted by atomic mass is 32.2. The molecule has 1 aromatic rings. The molecule has 0 aromatic heterocycles. The summed E-state index contributed by atoms with van der Waals surface area (Å²) in [7, 11) is -3.03. The number of fused-ring (bicyclic) bond motifs is 1. The maximum absolute atomic E-state index is 12.5. The van der Waals surface area contributed by atoms with Gasteiger partial charge in [-0.25, -0.2) is 8.42 Å². The zero-order valence-corrected chi connectivity index (χ0v) is 17.3. The van der Waals surface area contributed by atoms with Gasteiger partial charge < -0.3 is 4.90 Å². The standard InChI is InChI=1S/C20H26N2O3S2/c1-14-5-4-8-16(11-14)22-17-12-27(24,25)13-18(17)26-20(22)21-19(23)10-9-15-6-2-3-7-15/h4-5,8,11,15,17-18H,2-3,6-7,9-10,12-13H2,1H3/t17-,18+/m1/s1. The summed E-state index contributed by atoms with van der Waals surface area (Å²) in [5.74, 6) is 0.890. The Kier molecular flexibility index (Phi) is 5.34. The second-order valence-corrected chi connectivity index (χ2v) is 11.3. The number of thioether (sulfide) groups is 1. The molecule has 7 heteroatoms. The lowest BCUT2D eigenvalue weighted by atomic mass is 10.0. The van der Waals surface area contributed by atoms with E-state index in [9.17, 15) is 13.2 Å². The molecule has 0 unspecified atom stereocenters. The van der Waals surface area contributed by atoms with Crippen LogP contribution in [0.1, 0.15) is 44.1 Å². The third kappa shape index (κ3) is 4.24. The fourth-order valence-electron chi connectivity index (χ4n) is 4.43. The van der Waals surface area contributed by atoms with Crippen LogP contribution >= 0.6 is 11.8 Å². The van der Waals surface area contributed by atoms with Gasteiger partial charge in [0.15, 0.2) is 15.0 Å². The number of hydrogen-bond acceptors (Lipinski definition) is 4. The van der Waals surface area contributed by atoms with E-state index in [-0.39, 0.29) is 28.7 Å².